The second kappa shape index (κ2) is 5.60. The molecule has 0 aliphatic rings. The second-order valence-electron chi connectivity index (χ2n) is 4.24. The van der Waals surface area contributed by atoms with Gasteiger partial charge < -0.3 is 0 Å². The number of nitrogens with one attached hydrogen (secondary N) is 1. The highest BCUT2D eigenvalue weighted by Gasteiger charge is 2.31. The van der Waals surface area contributed by atoms with Gasteiger partial charge >= 0.3 is 6.18 Å². The molecule has 1 atom stereocenters. The quantitative estimate of drug-likeness (QED) is 0.515. The molecular weight excluding hydrogens is 272 g/mol. The molecule has 0 fully saturated rings. The number of hydrogen-bond donors (Lipinski definition) is 2. The fourth-order valence-electron chi connectivity index (χ4n) is 1.97. The molecule has 0 spiro atoms. The predicted molar refractivity (Wildman–Crippen MR) is 67.0 cm³/mol. The van der Waals surface area contributed by atoms with Gasteiger partial charge in [-0.05, 0) is 23.8 Å². The van der Waals surface area contributed by atoms with Gasteiger partial charge in [0, 0.05) is 5.56 Å². The molecule has 0 aliphatic heterocycles. The lowest BCUT2D eigenvalue weighted by Gasteiger charge is -2.19. The van der Waals surface area contributed by atoms with Crippen LogP contribution in [0.1, 0.15) is 22.7 Å². The lowest BCUT2D eigenvalue weighted by atomic mass is 9.97. The minimum Gasteiger partial charge on any atom is -0.271 e. The molecule has 6 heteroatoms. The number of hydrazine groups is 1. The van der Waals surface area contributed by atoms with Crippen molar-refractivity contribution in [2.24, 2.45) is 5.84 Å². The number of rotatable bonds is 3. The SMILES string of the molecule is NNC(c1cccc(C(F)(F)F)c1)c1ccccc1F. The molecular formula is C14H12F4N2. The molecule has 2 aromatic rings. The number of benzene rings is 2. The predicted octanol–water partition coefficient (Wildman–Crippen LogP) is 3.40. The zero-order chi connectivity index (χ0) is 14.8. The van der Waals surface area contributed by atoms with E-state index in [1.165, 1.54) is 30.3 Å². The molecule has 0 bridgehead atoms. The van der Waals surface area contributed by atoms with E-state index in [1.807, 2.05) is 0 Å². The van der Waals surface area contributed by atoms with Crippen molar-refractivity contribution in [3.8, 4) is 0 Å². The van der Waals surface area contributed by atoms with Crippen LogP contribution in [-0.2, 0) is 6.18 Å². The van der Waals surface area contributed by atoms with Crippen molar-refractivity contribution in [3.05, 3.63) is 71.0 Å². The van der Waals surface area contributed by atoms with Gasteiger partial charge in [-0.25, -0.2) is 9.82 Å². The van der Waals surface area contributed by atoms with E-state index in [2.05, 4.69) is 5.43 Å². The van der Waals surface area contributed by atoms with Crippen LogP contribution >= 0.6 is 0 Å². The normalized spacial score (nSPS) is 13.2. The van der Waals surface area contributed by atoms with E-state index in [1.54, 1.807) is 6.07 Å². The first-order chi connectivity index (χ1) is 9.43. The van der Waals surface area contributed by atoms with Gasteiger partial charge in [-0.3, -0.25) is 5.84 Å². The lowest BCUT2D eigenvalue weighted by Crippen LogP contribution is -2.29. The first-order valence-electron chi connectivity index (χ1n) is 5.81. The summed E-state index contributed by atoms with van der Waals surface area (Å²) >= 11 is 0. The van der Waals surface area contributed by atoms with Gasteiger partial charge in [-0.2, -0.15) is 13.2 Å². The van der Waals surface area contributed by atoms with Gasteiger partial charge in [0.15, 0.2) is 0 Å². The number of alkyl halides is 3. The third-order valence-corrected chi connectivity index (χ3v) is 2.93. The third-order valence-electron chi connectivity index (χ3n) is 2.93. The van der Waals surface area contributed by atoms with Gasteiger partial charge in [0.1, 0.15) is 5.82 Å². The number of hydrogen-bond acceptors (Lipinski definition) is 2. The molecule has 0 saturated heterocycles. The van der Waals surface area contributed by atoms with Crippen LogP contribution in [0, 0.1) is 5.82 Å². The maximum absolute atomic E-state index is 13.7. The lowest BCUT2D eigenvalue weighted by molar-refractivity contribution is -0.137. The minimum atomic E-state index is -4.45. The van der Waals surface area contributed by atoms with Crippen LogP contribution in [0.5, 0.6) is 0 Å². The van der Waals surface area contributed by atoms with E-state index in [-0.39, 0.29) is 11.1 Å². The molecule has 2 nitrogen and oxygen atoms in total. The Morgan fingerprint density at radius 2 is 1.70 bits per heavy atom. The Morgan fingerprint density at radius 1 is 1.00 bits per heavy atom. The van der Waals surface area contributed by atoms with Crippen molar-refractivity contribution in [3.63, 3.8) is 0 Å². The first kappa shape index (κ1) is 14.5. The summed E-state index contributed by atoms with van der Waals surface area (Å²) in [6.45, 7) is 0. The Morgan fingerprint density at radius 3 is 2.30 bits per heavy atom. The molecule has 3 N–H and O–H groups in total. The summed E-state index contributed by atoms with van der Waals surface area (Å²) in [6, 6.07) is 9.59. The molecule has 0 amide bonds. The highest BCUT2D eigenvalue weighted by Crippen LogP contribution is 2.32. The molecule has 106 valence electrons. The van der Waals surface area contributed by atoms with Crippen LogP contribution in [-0.4, -0.2) is 0 Å². The average molecular weight is 284 g/mol. The largest absolute Gasteiger partial charge is 0.416 e. The number of halogens is 4. The van der Waals surface area contributed by atoms with Crippen LogP contribution in [0.2, 0.25) is 0 Å². The Kier molecular flexibility index (Phi) is 4.06. The summed E-state index contributed by atoms with van der Waals surface area (Å²) in [5, 5.41) is 0. The topological polar surface area (TPSA) is 38.0 Å². The minimum absolute atomic E-state index is 0.189. The van der Waals surface area contributed by atoms with Crippen LogP contribution in [0.4, 0.5) is 17.6 Å². The summed E-state index contributed by atoms with van der Waals surface area (Å²) < 4.78 is 51.8. The molecule has 2 rings (SSSR count). The standard InChI is InChI=1S/C14H12F4N2/c15-12-7-2-1-6-11(12)13(20-19)9-4-3-5-10(8-9)14(16,17)18/h1-8,13,20H,19H2. The summed E-state index contributed by atoms with van der Waals surface area (Å²) in [5.74, 6) is 4.83. The molecule has 2 aromatic carbocycles. The Bertz CT molecular complexity index is 596. The maximum Gasteiger partial charge on any atom is 0.416 e. The van der Waals surface area contributed by atoms with Gasteiger partial charge in [-0.15, -0.1) is 0 Å². The van der Waals surface area contributed by atoms with Crippen molar-refractivity contribution in [2.75, 3.05) is 0 Å². The summed E-state index contributed by atoms with van der Waals surface area (Å²) in [5.41, 5.74) is 1.98. The Hall–Kier alpha value is -1.92. The van der Waals surface area contributed by atoms with Crippen molar-refractivity contribution >= 4 is 0 Å². The van der Waals surface area contributed by atoms with Crippen molar-refractivity contribution in [2.45, 2.75) is 12.2 Å². The molecule has 1 unspecified atom stereocenters. The van der Waals surface area contributed by atoms with Crippen LogP contribution < -0.4 is 11.3 Å². The summed E-state index contributed by atoms with van der Waals surface area (Å²) in [7, 11) is 0. The van der Waals surface area contributed by atoms with Crippen LogP contribution in [0.15, 0.2) is 48.5 Å². The molecule has 0 radical (unpaired) electrons. The zero-order valence-electron chi connectivity index (χ0n) is 10.3. The van der Waals surface area contributed by atoms with Gasteiger partial charge in [0.25, 0.3) is 0 Å². The summed E-state index contributed by atoms with van der Waals surface area (Å²) in [4.78, 5) is 0. The van der Waals surface area contributed by atoms with E-state index in [4.69, 9.17) is 5.84 Å². The Balaban J connectivity index is 2.46. The van der Waals surface area contributed by atoms with Crippen LogP contribution in [0.25, 0.3) is 0 Å². The van der Waals surface area contributed by atoms with Crippen LogP contribution in [0.3, 0.4) is 0 Å². The molecule has 0 saturated carbocycles. The third kappa shape index (κ3) is 2.97. The van der Waals surface area contributed by atoms with E-state index in [9.17, 15) is 17.6 Å². The van der Waals surface area contributed by atoms with Gasteiger partial charge in [0.05, 0.1) is 11.6 Å². The Labute approximate surface area is 113 Å². The van der Waals surface area contributed by atoms with E-state index >= 15 is 0 Å². The first-order valence-corrected chi connectivity index (χ1v) is 5.81. The zero-order valence-corrected chi connectivity index (χ0v) is 10.3. The second-order valence-corrected chi connectivity index (χ2v) is 4.24. The van der Waals surface area contributed by atoms with E-state index in [0.29, 0.717) is 0 Å². The van der Waals surface area contributed by atoms with E-state index in [0.717, 1.165) is 12.1 Å². The molecule has 0 heterocycles. The van der Waals surface area contributed by atoms with Crippen molar-refractivity contribution < 1.29 is 17.6 Å². The summed E-state index contributed by atoms with van der Waals surface area (Å²) in [6.07, 6.45) is -4.45. The monoisotopic (exact) mass is 284 g/mol. The van der Waals surface area contributed by atoms with Gasteiger partial charge in [-0.1, -0.05) is 30.3 Å². The van der Waals surface area contributed by atoms with Gasteiger partial charge in [0.2, 0.25) is 0 Å². The highest BCUT2D eigenvalue weighted by atomic mass is 19.4. The highest BCUT2D eigenvalue weighted by molar-refractivity contribution is 5.35. The molecule has 0 aliphatic carbocycles. The smallest absolute Gasteiger partial charge is 0.271 e. The van der Waals surface area contributed by atoms with E-state index < -0.39 is 23.6 Å². The molecule has 20 heavy (non-hydrogen) atoms. The fourth-order valence-corrected chi connectivity index (χ4v) is 1.97. The maximum atomic E-state index is 13.7. The average Bonchev–Trinajstić information content (AvgIpc) is 2.41. The fraction of sp³-hybridized carbons (Fsp3) is 0.143. The number of nitrogens with two attached hydrogens (primary N) is 1. The van der Waals surface area contributed by atoms with Crippen molar-refractivity contribution in [1.29, 1.82) is 0 Å². The molecule has 0 aromatic heterocycles. The van der Waals surface area contributed by atoms with Crippen molar-refractivity contribution in [1.82, 2.24) is 5.43 Å².